The van der Waals surface area contributed by atoms with Crippen LogP contribution in [0.3, 0.4) is 0 Å². The number of rotatable bonds is 3. The van der Waals surface area contributed by atoms with Gasteiger partial charge >= 0.3 is 0 Å². The summed E-state index contributed by atoms with van der Waals surface area (Å²) < 4.78 is 0. The van der Waals surface area contributed by atoms with Gasteiger partial charge in [-0.1, -0.05) is 57.9 Å². The van der Waals surface area contributed by atoms with Gasteiger partial charge in [-0.3, -0.25) is 0 Å². The molecule has 2 aliphatic rings. The van der Waals surface area contributed by atoms with Crippen molar-refractivity contribution >= 4 is 0 Å². The van der Waals surface area contributed by atoms with Crippen molar-refractivity contribution < 1.29 is 0 Å². The minimum Gasteiger partial charge on any atom is -0.325 e. The second-order valence-electron chi connectivity index (χ2n) is 8.68. The first kappa shape index (κ1) is 15.1. The van der Waals surface area contributed by atoms with Crippen LogP contribution >= 0.6 is 0 Å². The first-order valence-corrected chi connectivity index (χ1v) is 8.74. The molecule has 1 nitrogen and oxygen atoms in total. The molecule has 0 aromatic heterocycles. The van der Waals surface area contributed by atoms with Crippen molar-refractivity contribution in [1.82, 2.24) is 0 Å². The molecule has 0 radical (unpaired) electrons. The molecule has 0 saturated heterocycles. The molecule has 3 rings (SSSR count). The highest BCUT2D eigenvalue weighted by Gasteiger charge is 2.39. The van der Waals surface area contributed by atoms with Crippen molar-refractivity contribution in [2.45, 2.75) is 76.7 Å². The summed E-state index contributed by atoms with van der Waals surface area (Å²) in [6.07, 6.45) is 9.18. The lowest BCUT2D eigenvalue weighted by atomic mass is 9.71. The van der Waals surface area contributed by atoms with Gasteiger partial charge in [0.15, 0.2) is 0 Å². The number of nitrogens with two attached hydrogens (primary N) is 1. The van der Waals surface area contributed by atoms with Crippen molar-refractivity contribution in [2.24, 2.45) is 17.6 Å². The van der Waals surface area contributed by atoms with E-state index in [4.69, 9.17) is 5.73 Å². The predicted octanol–water partition coefficient (Wildman–Crippen LogP) is 4.82. The van der Waals surface area contributed by atoms with Gasteiger partial charge in [-0.2, -0.15) is 0 Å². The van der Waals surface area contributed by atoms with Gasteiger partial charge in [0.25, 0.3) is 0 Å². The Balaban J connectivity index is 1.67. The topological polar surface area (TPSA) is 26.0 Å². The number of benzene rings is 1. The highest BCUT2D eigenvalue weighted by atomic mass is 14.8. The van der Waals surface area contributed by atoms with Crippen LogP contribution in [0, 0.1) is 11.8 Å². The third-order valence-electron chi connectivity index (χ3n) is 5.58. The predicted molar refractivity (Wildman–Crippen MR) is 90.4 cm³/mol. The Kier molecular flexibility index (Phi) is 3.90. The Morgan fingerprint density at radius 3 is 2.29 bits per heavy atom. The smallest absolute Gasteiger partial charge is 0.0197 e. The summed E-state index contributed by atoms with van der Waals surface area (Å²) in [5.74, 6) is 1.93. The molecule has 2 fully saturated rings. The monoisotopic (exact) mass is 285 g/mol. The molecule has 0 spiro atoms. The second kappa shape index (κ2) is 5.43. The van der Waals surface area contributed by atoms with Crippen LogP contribution < -0.4 is 5.73 Å². The van der Waals surface area contributed by atoms with Crippen molar-refractivity contribution in [1.29, 1.82) is 0 Å². The molecular weight excluding hydrogens is 254 g/mol. The van der Waals surface area contributed by atoms with Crippen LogP contribution in [0.2, 0.25) is 0 Å². The van der Waals surface area contributed by atoms with Gasteiger partial charge in [-0.15, -0.1) is 0 Å². The first-order valence-electron chi connectivity index (χ1n) is 8.74. The van der Waals surface area contributed by atoms with E-state index in [1.165, 1.54) is 49.7 Å². The van der Waals surface area contributed by atoms with E-state index >= 15 is 0 Å². The minimum absolute atomic E-state index is 0.0504. The van der Waals surface area contributed by atoms with E-state index in [2.05, 4.69) is 45.0 Å². The van der Waals surface area contributed by atoms with E-state index in [1.807, 2.05) is 0 Å². The molecular formula is C20H31N. The fraction of sp³-hybridized carbons (Fsp3) is 0.700. The van der Waals surface area contributed by atoms with Crippen LogP contribution in [0.4, 0.5) is 0 Å². The van der Waals surface area contributed by atoms with Gasteiger partial charge in [0.1, 0.15) is 0 Å². The number of hydrogen-bond donors (Lipinski definition) is 1. The van der Waals surface area contributed by atoms with Crippen molar-refractivity contribution in [3.05, 3.63) is 35.4 Å². The van der Waals surface area contributed by atoms with Crippen LogP contribution in [0.25, 0.3) is 0 Å². The third-order valence-corrected chi connectivity index (χ3v) is 5.58. The van der Waals surface area contributed by atoms with Gasteiger partial charge < -0.3 is 5.73 Å². The third kappa shape index (κ3) is 3.69. The lowest BCUT2D eigenvalue weighted by Gasteiger charge is -2.38. The molecule has 2 N–H and O–H groups in total. The van der Waals surface area contributed by atoms with Gasteiger partial charge in [0.2, 0.25) is 0 Å². The van der Waals surface area contributed by atoms with E-state index in [9.17, 15) is 0 Å². The highest BCUT2D eigenvalue weighted by molar-refractivity contribution is 5.28. The van der Waals surface area contributed by atoms with E-state index in [1.54, 1.807) is 0 Å². The molecule has 116 valence electrons. The fourth-order valence-corrected chi connectivity index (χ4v) is 4.10. The molecule has 2 atom stereocenters. The average molecular weight is 285 g/mol. The summed E-state index contributed by atoms with van der Waals surface area (Å²) in [7, 11) is 0. The standard InChI is InChI=1S/C20H31N/c1-19(2,3)18-10-6-15(7-11-18)13-20(21)12-4-5-17(14-20)16-8-9-16/h6-7,10-11,16-17H,4-5,8-9,12-14,21H2,1-3H3. The number of hydrogen-bond acceptors (Lipinski definition) is 1. The van der Waals surface area contributed by atoms with Gasteiger partial charge in [-0.05, 0) is 60.5 Å². The molecule has 1 aromatic carbocycles. The van der Waals surface area contributed by atoms with Crippen LogP contribution in [-0.4, -0.2) is 5.54 Å². The first-order chi connectivity index (χ1) is 9.86. The molecule has 0 amide bonds. The molecule has 2 saturated carbocycles. The highest BCUT2D eigenvalue weighted by Crippen LogP contribution is 2.46. The van der Waals surface area contributed by atoms with E-state index in [-0.39, 0.29) is 11.0 Å². The quantitative estimate of drug-likeness (QED) is 0.846. The normalized spacial score (nSPS) is 30.4. The molecule has 0 heterocycles. The zero-order chi connectivity index (χ0) is 15.1. The molecule has 21 heavy (non-hydrogen) atoms. The van der Waals surface area contributed by atoms with E-state index in [0.29, 0.717) is 0 Å². The zero-order valence-corrected chi connectivity index (χ0v) is 14.0. The lowest BCUT2D eigenvalue weighted by Crippen LogP contribution is -2.46. The van der Waals surface area contributed by atoms with Crippen LogP contribution in [0.1, 0.15) is 70.4 Å². The largest absolute Gasteiger partial charge is 0.325 e. The van der Waals surface area contributed by atoms with E-state index < -0.39 is 0 Å². The van der Waals surface area contributed by atoms with Crippen LogP contribution in [0.15, 0.2) is 24.3 Å². The van der Waals surface area contributed by atoms with Crippen molar-refractivity contribution in [2.75, 3.05) is 0 Å². The Bertz CT molecular complexity index is 478. The van der Waals surface area contributed by atoms with Crippen molar-refractivity contribution in [3.63, 3.8) is 0 Å². The van der Waals surface area contributed by atoms with E-state index in [0.717, 1.165) is 18.3 Å². The molecule has 1 heteroatoms. The zero-order valence-electron chi connectivity index (χ0n) is 14.0. The van der Waals surface area contributed by atoms with Crippen LogP contribution in [0.5, 0.6) is 0 Å². The lowest BCUT2D eigenvalue weighted by molar-refractivity contribution is 0.204. The maximum absolute atomic E-state index is 6.77. The van der Waals surface area contributed by atoms with Crippen LogP contribution in [-0.2, 0) is 11.8 Å². The maximum atomic E-state index is 6.77. The Hall–Kier alpha value is -0.820. The molecule has 2 aliphatic carbocycles. The maximum Gasteiger partial charge on any atom is 0.0197 e. The summed E-state index contributed by atoms with van der Waals surface area (Å²) in [5.41, 5.74) is 9.89. The summed E-state index contributed by atoms with van der Waals surface area (Å²) in [5, 5.41) is 0. The molecule has 1 aromatic rings. The molecule has 2 unspecified atom stereocenters. The van der Waals surface area contributed by atoms with Gasteiger partial charge in [-0.25, -0.2) is 0 Å². The fourth-order valence-electron chi connectivity index (χ4n) is 4.10. The Morgan fingerprint density at radius 2 is 1.71 bits per heavy atom. The summed E-state index contributed by atoms with van der Waals surface area (Å²) in [6, 6.07) is 9.19. The SMILES string of the molecule is CC(C)(C)c1ccc(CC2(N)CCCC(C3CC3)C2)cc1. The van der Waals surface area contributed by atoms with Gasteiger partial charge in [0, 0.05) is 5.54 Å². The average Bonchev–Trinajstić information content (AvgIpc) is 3.22. The summed E-state index contributed by atoms with van der Waals surface area (Å²) in [4.78, 5) is 0. The molecule has 0 aliphatic heterocycles. The summed E-state index contributed by atoms with van der Waals surface area (Å²) >= 11 is 0. The minimum atomic E-state index is 0.0504. The Morgan fingerprint density at radius 1 is 1.05 bits per heavy atom. The van der Waals surface area contributed by atoms with Gasteiger partial charge in [0.05, 0.1) is 0 Å². The summed E-state index contributed by atoms with van der Waals surface area (Å²) in [6.45, 7) is 6.81. The van der Waals surface area contributed by atoms with Crippen molar-refractivity contribution in [3.8, 4) is 0 Å². The Labute approximate surface area is 130 Å². The molecule has 0 bridgehead atoms. The second-order valence-corrected chi connectivity index (χ2v) is 8.68.